The zero-order chi connectivity index (χ0) is 21.0. The molecule has 2 aliphatic rings. The van der Waals surface area contributed by atoms with Crippen molar-refractivity contribution in [2.75, 3.05) is 0 Å². The fourth-order valence-electron chi connectivity index (χ4n) is 3.38. The number of aliphatic hydroxyl groups excluding tert-OH is 1. The summed E-state index contributed by atoms with van der Waals surface area (Å²) < 4.78 is 16.3. The Morgan fingerprint density at radius 2 is 1.97 bits per heavy atom. The van der Waals surface area contributed by atoms with Gasteiger partial charge in [0.2, 0.25) is 0 Å². The maximum Gasteiger partial charge on any atom is 0.331 e. The summed E-state index contributed by atoms with van der Waals surface area (Å²) in [6.45, 7) is 1.71. The van der Waals surface area contributed by atoms with Gasteiger partial charge in [-0.3, -0.25) is 0 Å². The van der Waals surface area contributed by atoms with E-state index in [2.05, 4.69) is 0 Å². The highest BCUT2D eigenvalue weighted by Crippen LogP contribution is 2.29. The quantitative estimate of drug-likeness (QED) is 0.373. The van der Waals surface area contributed by atoms with E-state index in [0.29, 0.717) is 24.8 Å². The minimum atomic E-state index is -0.945. The van der Waals surface area contributed by atoms with Gasteiger partial charge >= 0.3 is 11.9 Å². The number of ether oxygens (including phenoxy) is 3. The van der Waals surface area contributed by atoms with E-state index in [4.69, 9.17) is 14.2 Å². The molecule has 5 unspecified atom stereocenters. The monoisotopic (exact) mass is 404 g/mol. The molecule has 1 aromatic rings. The number of cyclic esters (lactones) is 1. The van der Waals surface area contributed by atoms with Crippen LogP contribution < -0.4 is 0 Å². The topological polar surface area (TPSA) is 123 Å². The molecule has 1 saturated heterocycles. The maximum atomic E-state index is 12.0. The second-order valence-corrected chi connectivity index (χ2v) is 7.12. The number of esters is 2. The van der Waals surface area contributed by atoms with Crippen LogP contribution in [-0.4, -0.2) is 57.8 Å². The summed E-state index contributed by atoms with van der Waals surface area (Å²) in [5, 5.41) is 29.2. The number of benzene rings is 1. The lowest BCUT2D eigenvalue weighted by atomic mass is 10.0. The third-order valence-corrected chi connectivity index (χ3v) is 4.97. The Hall–Kier alpha value is -2.84. The number of rotatable bonds is 6. The molecule has 156 valence electrons. The van der Waals surface area contributed by atoms with Crippen LogP contribution in [0, 0.1) is 0 Å². The Labute approximate surface area is 168 Å². The highest BCUT2D eigenvalue weighted by Gasteiger charge is 2.39. The fourth-order valence-corrected chi connectivity index (χ4v) is 3.38. The van der Waals surface area contributed by atoms with Gasteiger partial charge in [0.15, 0.2) is 11.5 Å². The average molecular weight is 404 g/mol. The second-order valence-electron chi connectivity index (χ2n) is 7.12. The van der Waals surface area contributed by atoms with Crippen molar-refractivity contribution in [1.29, 1.82) is 0 Å². The van der Waals surface area contributed by atoms with Gasteiger partial charge in [0.05, 0.1) is 12.2 Å². The first-order chi connectivity index (χ1) is 13.8. The van der Waals surface area contributed by atoms with Crippen molar-refractivity contribution < 1.29 is 39.1 Å². The summed E-state index contributed by atoms with van der Waals surface area (Å²) in [5.41, 5.74) is 0.529. The van der Waals surface area contributed by atoms with Gasteiger partial charge in [-0.05, 0) is 43.5 Å². The minimum absolute atomic E-state index is 0.243. The Morgan fingerprint density at radius 1 is 1.21 bits per heavy atom. The molecular formula is C21H24O8. The van der Waals surface area contributed by atoms with E-state index in [9.17, 15) is 24.9 Å². The highest BCUT2D eigenvalue weighted by molar-refractivity contribution is 5.87. The van der Waals surface area contributed by atoms with Gasteiger partial charge < -0.3 is 29.5 Å². The Morgan fingerprint density at radius 3 is 2.69 bits per heavy atom. The van der Waals surface area contributed by atoms with Crippen LogP contribution in [0.3, 0.4) is 0 Å². The van der Waals surface area contributed by atoms with Crippen molar-refractivity contribution in [2.45, 2.75) is 56.7 Å². The maximum absolute atomic E-state index is 12.0. The largest absolute Gasteiger partial charge is 0.504 e. The molecular weight excluding hydrogens is 380 g/mol. The summed E-state index contributed by atoms with van der Waals surface area (Å²) in [6.07, 6.45) is 4.27. The van der Waals surface area contributed by atoms with E-state index in [0.717, 1.165) is 0 Å². The summed E-state index contributed by atoms with van der Waals surface area (Å²) in [5.74, 6) is -1.58. The van der Waals surface area contributed by atoms with Crippen LogP contribution in [0.5, 0.6) is 11.5 Å². The first kappa shape index (κ1) is 20.9. The van der Waals surface area contributed by atoms with E-state index in [1.54, 1.807) is 19.1 Å². The number of phenolic OH excluding ortho intramolecular Hbond substituents is 2. The van der Waals surface area contributed by atoms with Crippen LogP contribution in [0.1, 0.15) is 31.7 Å². The van der Waals surface area contributed by atoms with Crippen LogP contribution in [0.2, 0.25) is 0 Å². The number of carbonyl (C=O) groups is 2. The predicted octanol–water partition coefficient (Wildman–Crippen LogP) is 1.82. The normalized spacial score (nSPS) is 26.3. The number of hydrogen-bond acceptors (Lipinski definition) is 8. The average Bonchev–Trinajstić information content (AvgIpc) is 3.18. The van der Waals surface area contributed by atoms with Gasteiger partial charge in [-0.1, -0.05) is 12.1 Å². The van der Waals surface area contributed by atoms with Crippen molar-refractivity contribution in [3.05, 3.63) is 42.0 Å². The number of aromatic hydroxyl groups is 2. The Kier molecular flexibility index (Phi) is 6.56. The molecule has 2 heterocycles. The molecule has 3 rings (SSSR count). The Balaban J connectivity index is 1.49. The third kappa shape index (κ3) is 5.36. The van der Waals surface area contributed by atoms with Crippen molar-refractivity contribution in [1.82, 2.24) is 0 Å². The molecule has 0 aromatic heterocycles. The molecule has 8 nitrogen and oxygen atoms in total. The zero-order valence-corrected chi connectivity index (χ0v) is 15.9. The van der Waals surface area contributed by atoms with Crippen LogP contribution in [0.4, 0.5) is 0 Å². The molecule has 8 heteroatoms. The SMILES string of the molecule is CC(OC(=O)C=Cc1ccc(O)c(O)c1)C1CCC(C(O)C2CC=CC(=O)O2)O1. The molecule has 1 aromatic carbocycles. The lowest BCUT2D eigenvalue weighted by Crippen LogP contribution is -2.41. The summed E-state index contributed by atoms with van der Waals surface area (Å²) >= 11 is 0. The van der Waals surface area contributed by atoms with Crippen LogP contribution >= 0.6 is 0 Å². The minimum Gasteiger partial charge on any atom is -0.504 e. The van der Waals surface area contributed by atoms with Gasteiger partial charge in [-0.15, -0.1) is 0 Å². The number of aliphatic hydroxyl groups is 1. The van der Waals surface area contributed by atoms with E-state index >= 15 is 0 Å². The second kappa shape index (κ2) is 9.11. The number of carbonyl (C=O) groups excluding carboxylic acids is 2. The molecule has 5 atom stereocenters. The van der Waals surface area contributed by atoms with E-state index in [1.165, 1.54) is 30.4 Å². The lowest BCUT2D eigenvalue weighted by Gasteiger charge is -2.28. The molecule has 0 aliphatic carbocycles. The van der Waals surface area contributed by atoms with Crippen LogP contribution in [0.25, 0.3) is 6.08 Å². The van der Waals surface area contributed by atoms with Crippen molar-refractivity contribution >= 4 is 18.0 Å². The molecule has 0 spiro atoms. The van der Waals surface area contributed by atoms with Gasteiger partial charge in [0.25, 0.3) is 0 Å². The van der Waals surface area contributed by atoms with Gasteiger partial charge in [-0.25, -0.2) is 9.59 Å². The van der Waals surface area contributed by atoms with Crippen molar-refractivity contribution in [3.8, 4) is 11.5 Å². The van der Waals surface area contributed by atoms with Crippen molar-refractivity contribution in [3.63, 3.8) is 0 Å². The molecule has 0 radical (unpaired) electrons. The van der Waals surface area contributed by atoms with Crippen LogP contribution in [-0.2, 0) is 23.8 Å². The summed E-state index contributed by atoms with van der Waals surface area (Å²) in [7, 11) is 0. The molecule has 29 heavy (non-hydrogen) atoms. The van der Waals surface area contributed by atoms with E-state index in [1.807, 2.05) is 0 Å². The van der Waals surface area contributed by atoms with Crippen molar-refractivity contribution in [2.24, 2.45) is 0 Å². The Bertz CT molecular complexity index is 815. The van der Waals surface area contributed by atoms with E-state index in [-0.39, 0.29) is 17.6 Å². The number of hydrogen-bond donors (Lipinski definition) is 3. The molecule has 1 fully saturated rings. The first-order valence-corrected chi connectivity index (χ1v) is 9.45. The summed E-state index contributed by atoms with van der Waals surface area (Å²) in [4.78, 5) is 23.4. The molecule has 0 saturated carbocycles. The van der Waals surface area contributed by atoms with Gasteiger partial charge in [-0.2, -0.15) is 0 Å². The predicted molar refractivity (Wildman–Crippen MR) is 102 cm³/mol. The smallest absolute Gasteiger partial charge is 0.331 e. The molecule has 2 aliphatic heterocycles. The third-order valence-electron chi connectivity index (χ3n) is 4.97. The highest BCUT2D eigenvalue weighted by atomic mass is 16.6. The van der Waals surface area contributed by atoms with Gasteiger partial charge in [0, 0.05) is 18.6 Å². The fraction of sp³-hybridized carbons (Fsp3) is 0.429. The van der Waals surface area contributed by atoms with E-state index < -0.39 is 36.4 Å². The lowest BCUT2D eigenvalue weighted by molar-refractivity contribution is -0.164. The molecule has 3 N–H and O–H groups in total. The number of phenols is 2. The molecule has 0 amide bonds. The summed E-state index contributed by atoms with van der Waals surface area (Å²) in [6, 6.07) is 4.18. The zero-order valence-electron chi connectivity index (χ0n) is 15.9. The van der Waals surface area contributed by atoms with Crippen LogP contribution in [0.15, 0.2) is 36.4 Å². The molecule has 0 bridgehead atoms. The first-order valence-electron chi connectivity index (χ1n) is 9.45. The standard InChI is InChI=1S/C21H24O8/c1-12(27-20(25)10-6-13-5-7-14(22)15(23)11-13)16-8-9-18(28-16)21(26)17-3-2-4-19(24)29-17/h2,4-7,10-12,16-18,21-23,26H,3,8-9H2,1H3. The van der Waals surface area contributed by atoms with Gasteiger partial charge in [0.1, 0.15) is 18.3 Å².